The first kappa shape index (κ1) is 28.9. The summed E-state index contributed by atoms with van der Waals surface area (Å²) in [6, 6.07) is 23.9. The Bertz CT molecular complexity index is 1710. The molecule has 1 fully saturated rings. The number of carbonyl (C=O) groups excluding carboxylic acids is 4. The zero-order valence-corrected chi connectivity index (χ0v) is 23.2. The number of nitrogens with one attached hydrogen (secondary N) is 2. The topological polar surface area (TPSA) is 152 Å². The molecule has 1 aliphatic heterocycles. The SMILES string of the molecule is O=C(Nc1ccc(SC2CC(=O)N(c3ccc([N+](=O)[O-])cc3)C2=O)cc1)/C(=C/c1cccnc1)NC(=O)c1ccccc1. The molecule has 2 heterocycles. The van der Waals surface area contributed by atoms with Crippen molar-refractivity contribution in [3.63, 3.8) is 0 Å². The van der Waals surface area contributed by atoms with E-state index in [1.165, 1.54) is 42.1 Å². The minimum absolute atomic E-state index is 0.0155. The number of thioether (sulfide) groups is 1. The molecule has 214 valence electrons. The van der Waals surface area contributed by atoms with Crippen LogP contribution in [-0.4, -0.2) is 38.8 Å². The number of rotatable bonds is 9. The average molecular weight is 594 g/mol. The number of benzene rings is 3. The van der Waals surface area contributed by atoms with Crippen molar-refractivity contribution in [3.8, 4) is 0 Å². The molecule has 1 atom stereocenters. The first-order valence-electron chi connectivity index (χ1n) is 13.0. The average Bonchev–Trinajstić information content (AvgIpc) is 3.30. The van der Waals surface area contributed by atoms with Gasteiger partial charge in [0.2, 0.25) is 11.8 Å². The minimum Gasteiger partial charge on any atom is -0.321 e. The third-order valence-electron chi connectivity index (χ3n) is 6.34. The lowest BCUT2D eigenvalue weighted by Gasteiger charge is -2.15. The summed E-state index contributed by atoms with van der Waals surface area (Å²) in [5.74, 6) is -1.81. The Labute approximate surface area is 249 Å². The molecular weight excluding hydrogens is 570 g/mol. The van der Waals surface area contributed by atoms with E-state index in [1.807, 2.05) is 0 Å². The van der Waals surface area contributed by atoms with E-state index in [4.69, 9.17) is 0 Å². The molecule has 11 nitrogen and oxygen atoms in total. The summed E-state index contributed by atoms with van der Waals surface area (Å²) >= 11 is 1.20. The first-order chi connectivity index (χ1) is 20.8. The number of imide groups is 1. The number of nitrogens with zero attached hydrogens (tertiary/aromatic N) is 3. The summed E-state index contributed by atoms with van der Waals surface area (Å²) in [7, 11) is 0. The predicted molar refractivity (Wildman–Crippen MR) is 161 cm³/mol. The van der Waals surface area contributed by atoms with Crippen molar-refractivity contribution in [2.45, 2.75) is 16.6 Å². The first-order valence-corrected chi connectivity index (χ1v) is 13.8. The van der Waals surface area contributed by atoms with E-state index in [1.54, 1.807) is 79.1 Å². The van der Waals surface area contributed by atoms with Gasteiger partial charge in [-0.1, -0.05) is 24.3 Å². The zero-order valence-electron chi connectivity index (χ0n) is 22.4. The van der Waals surface area contributed by atoms with E-state index < -0.39 is 33.8 Å². The summed E-state index contributed by atoms with van der Waals surface area (Å²) in [6.45, 7) is 0. The molecule has 3 aromatic carbocycles. The molecule has 0 saturated carbocycles. The maximum Gasteiger partial charge on any atom is 0.272 e. The standard InChI is InChI=1S/C31H23N5O6S/c37-28-18-27(31(40)35(28)23-10-12-24(13-11-23)36(41)42)43-25-14-8-22(9-15-25)33-30(39)26(17-20-5-4-16-32-19-20)34-29(38)21-6-2-1-3-7-21/h1-17,19,27H,18H2,(H,33,39)(H,34,38)/b26-17-. The zero-order chi connectivity index (χ0) is 30.3. The Morgan fingerprint density at radius 3 is 2.33 bits per heavy atom. The van der Waals surface area contributed by atoms with Crippen LogP contribution in [0.25, 0.3) is 6.08 Å². The minimum atomic E-state index is -0.676. The van der Waals surface area contributed by atoms with Crippen LogP contribution in [0.15, 0.2) is 114 Å². The molecule has 4 amide bonds. The molecule has 1 aromatic heterocycles. The fourth-order valence-electron chi connectivity index (χ4n) is 4.24. The molecule has 4 aromatic rings. The summed E-state index contributed by atoms with van der Waals surface area (Å²) < 4.78 is 0. The second-order valence-electron chi connectivity index (χ2n) is 9.29. The fraction of sp³-hybridized carbons (Fsp3) is 0.0645. The van der Waals surface area contributed by atoms with Gasteiger partial charge in [0.1, 0.15) is 5.70 Å². The van der Waals surface area contributed by atoms with E-state index in [0.29, 0.717) is 21.7 Å². The highest BCUT2D eigenvalue weighted by molar-refractivity contribution is 8.00. The van der Waals surface area contributed by atoms with Crippen molar-refractivity contribution >= 4 is 58.5 Å². The molecule has 0 aliphatic carbocycles. The number of carbonyl (C=O) groups is 4. The van der Waals surface area contributed by atoms with Crippen molar-refractivity contribution in [1.82, 2.24) is 10.3 Å². The van der Waals surface area contributed by atoms with Gasteiger partial charge < -0.3 is 10.6 Å². The van der Waals surface area contributed by atoms with E-state index in [2.05, 4.69) is 15.6 Å². The Hall–Kier alpha value is -5.62. The van der Waals surface area contributed by atoms with Crippen LogP contribution in [0.1, 0.15) is 22.3 Å². The highest BCUT2D eigenvalue weighted by atomic mass is 32.2. The van der Waals surface area contributed by atoms with Crippen LogP contribution in [-0.2, 0) is 14.4 Å². The van der Waals surface area contributed by atoms with Crippen molar-refractivity contribution in [3.05, 3.63) is 130 Å². The van der Waals surface area contributed by atoms with Crippen LogP contribution in [0.3, 0.4) is 0 Å². The van der Waals surface area contributed by atoms with Gasteiger partial charge in [-0.15, -0.1) is 11.8 Å². The highest BCUT2D eigenvalue weighted by Crippen LogP contribution is 2.35. The predicted octanol–water partition coefficient (Wildman–Crippen LogP) is 4.82. The lowest BCUT2D eigenvalue weighted by molar-refractivity contribution is -0.384. The van der Waals surface area contributed by atoms with Crippen molar-refractivity contribution in [2.24, 2.45) is 0 Å². The molecule has 12 heteroatoms. The molecule has 1 saturated heterocycles. The largest absolute Gasteiger partial charge is 0.321 e. The number of hydrogen-bond donors (Lipinski definition) is 2. The number of pyridine rings is 1. The number of nitro benzene ring substituents is 1. The van der Waals surface area contributed by atoms with Gasteiger partial charge in [-0.2, -0.15) is 0 Å². The molecule has 0 spiro atoms. The number of nitro groups is 1. The molecular formula is C31H23N5O6S. The molecule has 43 heavy (non-hydrogen) atoms. The van der Waals surface area contributed by atoms with Crippen LogP contribution in [0.4, 0.5) is 17.1 Å². The second kappa shape index (κ2) is 12.9. The van der Waals surface area contributed by atoms with E-state index in [-0.39, 0.29) is 23.5 Å². The van der Waals surface area contributed by atoms with Gasteiger partial charge in [0.15, 0.2) is 0 Å². The smallest absolute Gasteiger partial charge is 0.272 e. The van der Waals surface area contributed by atoms with Crippen LogP contribution in [0.5, 0.6) is 0 Å². The van der Waals surface area contributed by atoms with Gasteiger partial charge in [0.05, 0.1) is 15.9 Å². The Balaban J connectivity index is 1.26. The molecule has 2 N–H and O–H groups in total. The number of non-ortho nitro benzene ring substituents is 1. The lowest BCUT2D eigenvalue weighted by Crippen LogP contribution is -2.31. The van der Waals surface area contributed by atoms with Crippen molar-refractivity contribution in [2.75, 3.05) is 10.2 Å². The molecule has 1 unspecified atom stereocenters. The number of hydrogen-bond acceptors (Lipinski definition) is 8. The third kappa shape index (κ3) is 7.00. The van der Waals surface area contributed by atoms with Gasteiger partial charge in [0.25, 0.3) is 17.5 Å². The van der Waals surface area contributed by atoms with E-state index >= 15 is 0 Å². The van der Waals surface area contributed by atoms with Gasteiger partial charge >= 0.3 is 0 Å². The quantitative estimate of drug-likeness (QED) is 0.121. The molecule has 5 rings (SSSR count). The van der Waals surface area contributed by atoms with E-state index in [9.17, 15) is 29.3 Å². The maximum atomic E-state index is 13.2. The summed E-state index contributed by atoms with van der Waals surface area (Å²) in [6.07, 6.45) is 4.66. The van der Waals surface area contributed by atoms with Gasteiger partial charge in [-0.25, -0.2) is 4.90 Å². The summed E-state index contributed by atoms with van der Waals surface area (Å²) in [4.78, 5) is 67.8. The fourth-order valence-corrected chi connectivity index (χ4v) is 5.29. The molecule has 0 bridgehead atoms. The second-order valence-corrected chi connectivity index (χ2v) is 10.6. The van der Waals surface area contributed by atoms with Crippen LogP contribution in [0.2, 0.25) is 0 Å². The normalized spacial score (nSPS) is 14.8. The highest BCUT2D eigenvalue weighted by Gasteiger charge is 2.40. The lowest BCUT2D eigenvalue weighted by atomic mass is 10.2. The number of anilines is 2. The number of aromatic nitrogens is 1. The molecule has 0 radical (unpaired) electrons. The summed E-state index contributed by atoms with van der Waals surface area (Å²) in [5.41, 5.74) is 1.60. The van der Waals surface area contributed by atoms with Crippen molar-refractivity contribution < 1.29 is 24.1 Å². The number of amides is 4. The van der Waals surface area contributed by atoms with Crippen LogP contribution < -0.4 is 15.5 Å². The van der Waals surface area contributed by atoms with Crippen LogP contribution in [0, 0.1) is 10.1 Å². The molecule has 1 aliphatic rings. The van der Waals surface area contributed by atoms with Crippen molar-refractivity contribution in [1.29, 1.82) is 0 Å². The Kier molecular flexibility index (Phi) is 8.68. The summed E-state index contributed by atoms with van der Waals surface area (Å²) in [5, 5.41) is 15.7. The maximum absolute atomic E-state index is 13.2. The Morgan fingerprint density at radius 1 is 0.953 bits per heavy atom. The third-order valence-corrected chi connectivity index (χ3v) is 7.54. The van der Waals surface area contributed by atoms with Gasteiger partial charge in [0, 0.05) is 47.1 Å². The van der Waals surface area contributed by atoms with Crippen LogP contribution >= 0.6 is 11.8 Å². The van der Waals surface area contributed by atoms with Gasteiger partial charge in [-0.3, -0.25) is 34.3 Å². The monoisotopic (exact) mass is 593 g/mol. The Morgan fingerprint density at radius 2 is 1.67 bits per heavy atom. The van der Waals surface area contributed by atoms with Gasteiger partial charge in [-0.05, 0) is 66.2 Å². The van der Waals surface area contributed by atoms with E-state index in [0.717, 1.165) is 4.90 Å².